The second kappa shape index (κ2) is 42.2. The van der Waals surface area contributed by atoms with Gasteiger partial charge >= 0.3 is 13.8 Å². The van der Waals surface area contributed by atoms with E-state index in [0.29, 0.717) is 24.1 Å². The first kappa shape index (κ1) is 56.5. The highest BCUT2D eigenvalue weighted by atomic mass is 31.2. The fraction of sp³-hybridized carbons (Fsp3) is 0.979. The number of esters is 1. The van der Waals surface area contributed by atoms with Crippen molar-refractivity contribution in [1.29, 1.82) is 0 Å². The van der Waals surface area contributed by atoms with Crippen molar-refractivity contribution in [2.24, 2.45) is 0 Å². The summed E-state index contributed by atoms with van der Waals surface area (Å²) in [6.45, 7) is 5.59. The smallest absolute Gasteiger partial charge is 0.463 e. The van der Waals surface area contributed by atoms with E-state index in [1.807, 2.05) is 21.1 Å². The highest BCUT2D eigenvalue weighted by Crippen LogP contribution is 2.43. The first-order valence-corrected chi connectivity index (χ1v) is 26.3. The van der Waals surface area contributed by atoms with Crippen LogP contribution in [0.5, 0.6) is 0 Å². The Morgan fingerprint density at radius 1 is 0.474 bits per heavy atom. The molecule has 0 aliphatic heterocycles. The van der Waals surface area contributed by atoms with E-state index >= 15 is 0 Å². The van der Waals surface area contributed by atoms with E-state index in [1.165, 1.54) is 193 Å². The maximum atomic E-state index is 12.5. The number of phosphoric acid groups is 1. The van der Waals surface area contributed by atoms with Gasteiger partial charge in [-0.1, -0.05) is 226 Å². The van der Waals surface area contributed by atoms with E-state index in [9.17, 15) is 14.3 Å². The van der Waals surface area contributed by atoms with Crippen LogP contribution < -0.4 is 0 Å². The molecule has 0 fully saturated rings. The number of likely N-dealkylation sites (N-methyl/N-ethyl adjacent to an activating group) is 1. The van der Waals surface area contributed by atoms with Crippen LogP contribution in [-0.4, -0.2) is 75.6 Å². The fourth-order valence-corrected chi connectivity index (χ4v) is 8.04. The van der Waals surface area contributed by atoms with Gasteiger partial charge in [0.15, 0.2) is 0 Å². The first-order valence-electron chi connectivity index (χ1n) is 24.8. The molecule has 0 aromatic carbocycles. The average molecular weight is 833 g/mol. The molecule has 0 rings (SSSR count). The lowest BCUT2D eigenvalue weighted by Gasteiger charge is -2.24. The number of hydrogen-bond donors (Lipinski definition) is 1. The molecule has 9 heteroatoms. The number of unbranched alkanes of at least 4 members (excludes halogenated alkanes) is 33. The lowest BCUT2D eigenvalue weighted by molar-refractivity contribution is -0.870. The summed E-state index contributed by atoms with van der Waals surface area (Å²) in [5.74, 6) is -0.247. The highest BCUT2D eigenvalue weighted by molar-refractivity contribution is 7.47. The molecule has 0 aromatic heterocycles. The van der Waals surface area contributed by atoms with Gasteiger partial charge in [0.2, 0.25) is 0 Å². The van der Waals surface area contributed by atoms with E-state index in [-0.39, 0.29) is 25.8 Å². The molecule has 0 spiro atoms. The summed E-state index contributed by atoms with van der Waals surface area (Å²) in [6, 6.07) is 0. The van der Waals surface area contributed by atoms with Crippen molar-refractivity contribution in [3.8, 4) is 0 Å². The molecule has 2 unspecified atom stereocenters. The molecular weight excluding hydrogens is 734 g/mol. The third-order valence-corrected chi connectivity index (χ3v) is 12.2. The van der Waals surface area contributed by atoms with Gasteiger partial charge in [-0.15, -0.1) is 0 Å². The molecule has 1 N–H and O–H groups in total. The lowest BCUT2D eigenvalue weighted by atomic mass is 10.0. The van der Waals surface area contributed by atoms with Gasteiger partial charge < -0.3 is 18.9 Å². The molecule has 57 heavy (non-hydrogen) atoms. The minimum absolute atomic E-state index is 0.00957. The van der Waals surface area contributed by atoms with E-state index < -0.39 is 13.9 Å². The minimum Gasteiger partial charge on any atom is -0.463 e. The van der Waals surface area contributed by atoms with Crippen LogP contribution in [-0.2, 0) is 27.9 Å². The number of hydrogen-bond acceptors (Lipinski definition) is 6. The van der Waals surface area contributed by atoms with Crippen molar-refractivity contribution in [3.05, 3.63) is 0 Å². The molecule has 0 aliphatic carbocycles. The summed E-state index contributed by atoms with van der Waals surface area (Å²) in [4.78, 5) is 22.8. The number of nitrogens with zero attached hydrogens (tertiary/aromatic N) is 1. The molecule has 8 nitrogen and oxygen atoms in total. The Morgan fingerprint density at radius 3 is 1.16 bits per heavy atom. The zero-order valence-corrected chi connectivity index (χ0v) is 39.8. The van der Waals surface area contributed by atoms with Gasteiger partial charge in [-0.05, 0) is 12.8 Å². The van der Waals surface area contributed by atoms with Crippen molar-refractivity contribution in [1.82, 2.24) is 0 Å². The Balaban J connectivity index is 4.10. The van der Waals surface area contributed by atoms with Gasteiger partial charge in [0.1, 0.15) is 25.9 Å². The van der Waals surface area contributed by atoms with Crippen LogP contribution in [0.1, 0.15) is 245 Å². The zero-order valence-electron chi connectivity index (χ0n) is 38.9. The number of phosphoric ester groups is 1. The Hall–Kier alpha value is -0.500. The van der Waals surface area contributed by atoms with Gasteiger partial charge in [-0.2, -0.15) is 0 Å². The standard InChI is InChI=1S/C48H98NO7P/c1-6-8-10-12-14-16-18-20-22-23-24-25-26-28-30-32-34-36-38-40-43-53-47(46-56-57(51,52)55-44-42-49(3,4)5)45-54-48(50)41-39-37-35-33-31-29-27-21-19-17-15-13-11-9-7-2/h47H,6-46H2,1-5H3/p+1. The van der Waals surface area contributed by atoms with E-state index in [2.05, 4.69) is 13.8 Å². The normalized spacial score (nSPS) is 13.6. The summed E-state index contributed by atoms with van der Waals surface area (Å²) in [7, 11) is 1.74. The van der Waals surface area contributed by atoms with Crippen LogP contribution in [0.15, 0.2) is 0 Å². The second-order valence-electron chi connectivity index (χ2n) is 18.2. The minimum atomic E-state index is -4.24. The Kier molecular flexibility index (Phi) is 41.8. The average Bonchev–Trinajstić information content (AvgIpc) is 3.17. The monoisotopic (exact) mass is 833 g/mol. The number of quaternary nitrogens is 1. The molecule has 342 valence electrons. The van der Waals surface area contributed by atoms with Crippen molar-refractivity contribution in [2.45, 2.75) is 251 Å². The van der Waals surface area contributed by atoms with Crippen LogP contribution in [0.3, 0.4) is 0 Å². The summed E-state index contributed by atoms with van der Waals surface area (Å²) in [6.07, 6.45) is 45.8. The third-order valence-electron chi connectivity index (χ3n) is 11.2. The molecule has 2 atom stereocenters. The molecule has 0 heterocycles. The Bertz CT molecular complexity index is 883. The number of carbonyl (C=O) groups is 1. The fourth-order valence-electron chi connectivity index (χ4n) is 7.29. The maximum Gasteiger partial charge on any atom is 0.472 e. The van der Waals surface area contributed by atoms with Crippen molar-refractivity contribution in [2.75, 3.05) is 54.1 Å². The maximum absolute atomic E-state index is 12.5. The van der Waals surface area contributed by atoms with Crippen LogP contribution in [0, 0.1) is 0 Å². The SMILES string of the molecule is CCCCCCCCCCCCCCCCCCCCCCOC(COC(=O)CCCCCCCCCCCCCCCCC)COP(=O)(O)OCC[N+](C)(C)C. The Morgan fingerprint density at radius 2 is 0.807 bits per heavy atom. The molecule has 0 aliphatic rings. The van der Waals surface area contributed by atoms with Gasteiger partial charge in [0.25, 0.3) is 0 Å². The zero-order chi connectivity index (χ0) is 42.0. The molecule has 0 amide bonds. The van der Waals surface area contributed by atoms with Crippen molar-refractivity contribution in [3.63, 3.8) is 0 Å². The lowest BCUT2D eigenvalue weighted by Crippen LogP contribution is -2.37. The van der Waals surface area contributed by atoms with Crippen LogP contribution >= 0.6 is 7.82 Å². The van der Waals surface area contributed by atoms with Gasteiger partial charge in [-0.3, -0.25) is 13.8 Å². The molecule has 0 radical (unpaired) electrons. The topological polar surface area (TPSA) is 91.3 Å². The van der Waals surface area contributed by atoms with Gasteiger partial charge in [0, 0.05) is 13.0 Å². The summed E-state index contributed by atoms with van der Waals surface area (Å²) in [5.41, 5.74) is 0. The number of ether oxygens (including phenoxy) is 2. The summed E-state index contributed by atoms with van der Waals surface area (Å²) >= 11 is 0. The predicted octanol–water partition coefficient (Wildman–Crippen LogP) is 14.8. The van der Waals surface area contributed by atoms with Crippen LogP contribution in [0.2, 0.25) is 0 Å². The largest absolute Gasteiger partial charge is 0.472 e. The second-order valence-corrected chi connectivity index (χ2v) is 19.7. The highest BCUT2D eigenvalue weighted by Gasteiger charge is 2.25. The summed E-state index contributed by atoms with van der Waals surface area (Å²) < 4.78 is 35.2. The molecule has 0 bridgehead atoms. The van der Waals surface area contributed by atoms with E-state index in [1.54, 1.807) is 0 Å². The molecular formula is C48H99NO7P+. The van der Waals surface area contributed by atoms with Crippen LogP contribution in [0.25, 0.3) is 0 Å². The van der Waals surface area contributed by atoms with Crippen molar-refractivity contribution >= 4 is 13.8 Å². The van der Waals surface area contributed by atoms with E-state index in [4.69, 9.17) is 18.5 Å². The summed E-state index contributed by atoms with van der Waals surface area (Å²) in [5, 5.41) is 0. The number of carbonyl (C=O) groups excluding carboxylic acids is 1. The molecule has 0 saturated heterocycles. The molecule has 0 saturated carbocycles. The van der Waals surface area contributed by atoms with E-state index in [0.717, 1.165) is 32.1 Å². The number of rotatable bonds is 47. The first-order chi connectivity index (χ1) is 27.6. The third kappa shape index (κ3) is 46.4. The Labute approximate surface area is 355 Å². The van der Waals surface area contributed by atoms with Crippen molar-refractivity contribution < 1.29 is 37.3 Å². The van der Waals surface area contributed by atoms with Crippen LogP contribution in [0.4, 0.5) is 0 Å². The molecule has 0 aromatic rings. The predicted molar refractivity (Wildman–Crippen MR) is 243 cm³/mol. The van der Waals surface area contributed by atoms with Gasteiger partial charge in [0.05, 0.1) is 27.7 Å². The van der Waals surface area contributed by atoms with Gasteiger partial charge in [-0.25, -0.2) is 4.57 Å². The quantitative estimate of drug-likeness (QED) is 0.0283.